The summed E-state index contributed by atoms with van der Waals surface area (Å²) in [5, 5.41) is 11.3. The van der Waals surface area contributed by atoms with Crippen molar-refractivity contribution in [2.24, 2.45) is 0 Å². The third-order valence-corrected chi connectivity index (χ3v) is 5.36. The molecular formula is C25H20O2. The van der Waals surface area contributed by atoms with E-state index in [1.54, 1.807) is 0 Å². The molecule has 0 saturated heterocycles. The highest BCUT2D eigenvalue weighted by Crippen LogP contribution is 2.48. The van der Waals surface area contributed by atoms with Crippen LogP contribution in [0.25, 0.3) is 21.9 Å². The van der Waals surface area contributed by atoms with Gasteiger partial charge in [-0.3, -0.25) is 0 Å². The number of aliphatic hydroxyl groups excluding tert-OH is 1. The molecule has 132 valence electrons. The van der Waals surface area contributed by atoms with Gasteiger partial charge in [-0.05, 0) is 50.7 Å². The average molecular weight is 352 g/mol. The average Bonchev–Trinajstić information content (AvgIpc) is 3.06. The van der Waals surface area contributed by atoms with E-state index in [1.165, 1.54) is 33.2 Å². The van der Waals surface area contributed by atoms with Gasteiger partial charge >= 0.3 is 0 Å². The van der Waals surface area contributed by atoms with Gasteiger partial charge in [0.2, 0.25) is 0 Å². The first kappa shape index (κ1) is 16.1. The minimum Gasteiger partial charge on any atom is -0.491 e. The Morgan fingerprint density at radius 3 is 2.04 bits per heavy atom. The quantitative estimate of drug-likeness (QED) is 0.471. The van der Waals surface area contributed by atoms with E-state index < -0.39 is 0 Å². The monoisotopic (exact) mass is 352 g/mol. The van der Waals surface area contributed by atoms with Gasteiger partial charge in [0.25, 0.3) is 0 Å². The molecule has 0 unspecified atom stereocenters. The second kappa shape index (κ2) is 6.57. The van der Waals surface area contributed by atoms with Gasteiger partial charge in [0, 0.05) is 5.92 Å². The maximum absolute atomic E-state index is 8.93. The van der Waals surface area contributed by atoms with E-state index >= 15 is 0 Å². The van der Waals surface area contributed by atoms with Crippen LogP contribution in [0.3, 0.4) is 0 Å². The molecule has 0 spiro atoms. The molecule has 4 aromatic rings. The molecule has 0 radical (unpaired) electrons. The van der Waals surface area contributed by atoms with Crippen LogP contribution in [0.4, 0.5) is 0 Å². The lowest BCUT2D eigenvalue weighted by atomic mass is 9.88. The van der Waals surface area contributed by atoms with Crippen molar-refractivity contribution in [1.82, 2.24) is 0 Å². The van der Waals surface area contributed by atoms with E-state index in [4.69, 9.17) is 9.84 Å². The fraction of sp³-hybridized carbons (Fsp3) is 0.120. The molecule has 1 N–H and O–H groups in total. The van der Waals surface area contributed by atoms with E-state index in [-0.39, 0.29) is 12.5 Å². The molecular weight excluding hydrogens is 332 g/mol. The fourth-order valence-corrected chi connectivity index (χ4v) is 4.19. The van der Waals surface area contributed by atoms with E-state index in [1.807, 2.05) is 12.1 Å². The summed E-state index contributed by atoms with van der Waals surface area (Å²) in [5.74, 6) is 1.06. The molecule has 0 atom stereocenters. The van der Waals surface area contributed by atoms with Crippen LogP contribution in [-0.4, -0.2) is 18.3 Å². The van der Waals surface area contributed by atoms with E-state index in [0.29, 0.717) is 6.61 Å². The van der Waals surface area contributed by atoms with Gasteiger partial charge in [-0.1, -0.05) is 72.8 Å². The van der Waals surface area contributed by atoms with Gasteiger partial charge < -0.3 is 9.84 Å². The number of ether oxygens (including phenoxy) is 1. The van der Waals surface area contributed by atoms with Crippen LogP contribution in [0, 0.1) is 0 Å². The predicted molar refractivity (Wildman–Crippen MR) is 109 cm³/mol. The normalized spacial score (nSPS) is 12.8. The summed E-state index contributed by atoms with van der Waals surface area (Å²) in [6, 6.07) is 30.2. The van der Waals surface area contributed by atoms with Crippen molar-refractivity contribution in [3.05, 3.63) is 102 Å². The molecule has 27 heavy (non-hydrogen) atoms. The zero-order valence-corrected chi connectivity index (χ0v) is 14.9. The summed E-state index contributed by atoms with van der Waals surface area (Å²) in [5.41, 5.74) is 6.74. The van der Waals surface area contributed by atoms with Crippen molar-refractivity contribution < 1.29 is 9.84 Å². The molecule has 2 nitrogen and oxygen atoms in total. The molecule has 1 aliphatic rings. The van der Waals surface area contributed by atoms with E-state index in [9.17, 15) is 0 Å². The van der Waals surface area contributed by atoms with Crippen molar-refractivity contribution in [3.8, 4) is 16.9 Å². The minimum atomic E-state index is 0.0253. The van der Waals surface area contributed by atoms with Crippen molar-refractivity contribution in [1.29, 1.82) is 0 Å². The number of rotatable bonds is 4. The molecule has 2 heteroatoms. The number of aliphatic hydroxyl groups is 1. The highest BCUT2D eigenvalue weighted by molar-refractivity contribution is 5.86. The Bertz CT molecular complexity index is 1080. The van der Waals surface area contributed by atoms with Crippen molar-refractivity contribution in [2.45, 2.75) is 5.92 Å². The summed E-state index contributed by atoms with van der Waals surface area (Å²) in [4.78, 5) is 0. The van der Waals surface area contributed by atoms with Gasteiger partial charge in [0.15, 0.2) is 0 Å². The largest absolute Gasteiger partial charge is 0.491 e. The molecule has 0 amide bonds. The van der Waals surface area contributed by atoms with Crippen molar-refractivity contribution >= 4 is 10.8 Å². The summed E-state index contributed by atoms with van der Waals surface area (Å²) in [7, 11) is 0. The Balaban J connectivity index is 1.61. The number of hydrogen-bond acceptors (Lipinski definition) is 2. The van der Waals surface area contributed by atoms with Crippen LogP contribution in [0.1, 0.15) is 22.6 Å². The molecule has 0 heterocycles. The van der Waals surface area contributed by atoms with Gasteiger partial charge in [0.05, 0.1) is 6.61 Å². The molecule has 5 rings (SSSR count). The summed E-state index contributed by atoms with van der Waals surface area (Å²) < 4.78 is 5.54. The van der Waals surface area contributed by atoms with E-state index in [2.05, 4.69) is 72.8 Å². The Labute approximate surface area is 158 Å². The number of hydrogen-bond donors (Lipinski definition) is 1. The van der Waals surface area contributed by atoms with Crippen LogP contribution < -0.4 is 4.74 Å². The summed E-state index contributed by atoms with van der Waals surface area (Å²) in [6.07, 6.45) is 0. The fourth-order valence-electron chi connectivity index (χ4n) is 4.19. The molecule has 4 aromatic carbocycles. The first-order chi connectivity index (χ1) is 13.3. The first-order valence-electron chi connectivity index (χ1n) is 9.31. The Morgan fingerprint density at radius 1 is 0.704 bits per heavy atom. The Kier molecular flexibility index (Phi) is 3.92. The third kappa shape index (κ3) is 2.70. The molecule has 0 aliphatic heterocycles. The third-order valence-electron chi connectivity index (χ3n) is 5.36. The van der Waals surface area contributed by atoms with Crippen LogP contribution in [0.2, 0.25) is 0 Å². The highest BCUT2D eigenvalue weighted by atomic mass is 16.5. The molecule has 0 bridgehead atoms. The lowest BCUT2D eigenvalue weighted by molar-refractivity contribution is 0.201. The lowest BCUT2D eigenvalue weighted by Crippen LogP contribution is -2.01. The molecule has 0 fully saturated rings. The predicted octanol–water partition coefficient (Wildman–Crippen LogP) is 5.37. The van der Waals surface area contributed by atoms with Gasteiger partial charge in [0.1, 0.15) is 12.4 Å². The van der Waals surface area contributed by atoms with Crippen LogP contribution in [-0.2, 0) is 0 Å². The van der Waals surface area contributed by atoms with E-state index in [0.717, 1.165) is 11.1 Å². The zero-order chi connectivity index (χ0) is 18.2. The molecule has 0 saturated carbocycles. The van der Waals surface area contributed by atoms with Crippen LogP contribution in [0.15, 0.2) is 84.9 Å². The Morgan fingerprint density at radius 2 is 1.33 bits per heavy atom. The standard InChI is InChI=1S/C25H20O2/c26-13-14-27-20-12-11-17-15-19(10-9-18(17)16-20)25-23-7-3-1-5-21(23)22-6-2-4-8-24(22)25/h1-12,15-16,25-26H,13-14H2. The van der Waals surface area contributed by atoms with Crippen LogP contribution >= 0.6 is 0 Å². The maximum atomic E-state index is 8.93. The van der Waals surface area contributed by atoms with Gasteiger partial charge in [-0.25, -0.2) is 0 Å². The smallest absolute Gasteiger partial charge is 0.120 e. The van der Waals surface area contributed by atoms with Gasteiger partial charge in [-0.15, -0.1) is 0 Å². The second-order valence-corrected chi connectivity index (χ2v) is 6.95. The Hall–Kier alpha value is -3.10. The number of fused-ring (bicyclic) bond motifs is 4. The second-order valence-electron chi connectivity index (χ2n) is 6.95. The summed E-state index contributed by atoms with van der Waals surface area (Å²) in [6.45, 7) is 0.344. The maximum Gasteiger partial charge on any atom is 0.120 e. The lowest BCUT2D eigenvalue weighted by Gasteiger charge is -2.15. The topological polar surface area (TPSA) is 29.5 Å². The van der Waals surface area contributed by atoms with Gasteiger partial charge in [-0.2, -0.15) is 0 Å². The van der Waals surface area contributed by atoms with Crippen molar-refractivity contribution in [2.75, 3.05) is 13.2 Å². The van der Waals surface area contributed by atoms with Crippen molar-refractivity contribution in [3.63, 3.8) is 0 Å². The minimum absolute atomic E-state index is 0.0253. The zero-order valence-electron chi connectivity index (χ0n) is 14.9. The van der Waals surface area contributed by atoms with Crippen LogP contribution in [0.5, 0.6) is 5.75 Å². The highest BCUT2D eigenvalue weighted by Gasteiger charge is 2.29. The molecule has 0 aromatic heterocycles. The molecule has 1 aliphatic carbocycles. The SMILES string of the molecule is OCCOc1ccc2cc(C3c4ccccc4-c4ccccc43)ccc2c1. The summed E-state index contributed by atoms with van der Waals surface area (Å²) >= 11 is 0. The first-order valence-corrected chi connectivity index (χ1v) is 9.31. The number of benzene rings is 4.